The summed E-state index contributed by atoms with van der Waals surface area (Å²) in [6.07, 6.45) is 1.70. The Bertz CT molecular complexity index is 853. The van der Waals surface area contributed by atoms with Crippen molar-refractivity contribution in [3.8, 4) is 11.5 Å². The molecule has 0 spiro atoms. The van der Waals surface area contributed by atoms with Crippen molar-refractivity contribution in [1.29, 1.82) is 0 Å². The number of nitrogens with zero attached hydrogens (tertiary/aromatic N) is 1. The van der Waals surface area contributed by atoms with Crippen LogP contribution in [0.1, 0.15) is 16.7 Å². The van der Waals surface area contributed by atoms with E-state index in [1.54, 1.807) is 38.5 Å². The number of amides is 1. The molecule has 0 saturated heterocycles. The van der Waals surface area contributed by atoms with Crippen molar-refractivity contribution in [3.63, 3.8) is 0 Å². The molecule has 5 heteroatoms. The van der Waals surface area contributed by atoms with Gasteiger partial charge in [0.2, 0.25) is 0 Å². The van der Waals surface area contributed by atoms with Gasteiger partial charge >= 0.3 is 0 Å². The van der Waals surface area contributed by atoms with E-state index in [9.17, 15) is 4.79 Å². The van der Waals surface area contributed by atoms with Crippen molar-refractivity contribution in [2.24, 2.45) is 4.99 Å². The molecule has 2 aromatic carbocycles. The molecule has 0 aromatic heterocycles. The minimum absolute atomic E-state index is 0.238. The number of nitrogens with one attached hydrogen (secondary N) is 1. The number of hydrogen-bond acceptors (Lipinski definition) is 4. The number of rotatable bonds is 4. The number of ether oxygens (including phenoxy) is 2. The van der Waals surface area contributed by atoms with Gasteiger partial charge in [-0.05, 0) is 36.8 Å². The minimum Gasteiger partial charge on any atom is -0.497 e. The smallest absolute Gasteiger partial charge is 0.275 e. The van der Waals surface area contributed by atoms with E-state index in [1.807, 2.05) is 31.2 Å². The van der Waals surface area contributed by atoms with Crippen LogP contribution >= 0.6 is 0 Å². The third-order valence-corrected chi connectivity index (χ3v) is 3.83. The second-order valence-electron chi connectivity index (χ2n) is 5.37. The number of carbonyl (C=O) groups excluding carboxylic acids is 1. The van der Waals surface area contributed by atoms with Crippen LogP contribution in [-0.2, 0) is 4.79 Å². The summed E-state index contributed by atoms with van der Waals surface area (Å²) in [5, 5.41) is 2.82. The molecule has 3 rings (SSSR count). The van der Waals surface area contributed by atoms with Gasteiger partial charge < -0.3 is 14.8 Å². The third kappa shape index (κ3) is 3.01. The fourth-order valence-corrected chi connectivity index (χ4v) is 2.53. The van der Waals surface area contributed by atoms with Crippen molar-refractivity contribution in [2.75, 3.05) is 14.2 Å². The van der Waals surface area contributed by atoms with E-state index in [4.69, 9.17) is 9.47 Å². The highest BCUT2D eigenvalue weighted by Crippen LogP contribution is 2.27. The molecule has 0 aliphatic carbocycles. The van der Waals surface area contributed by atoms with Crippen LogP contribution in [0.2, 0.25) is 0 Å². The number of aryl methyl sites for hydroxylation is 1. The predicted octanol–water partition coefficient (Wildman–Crippen LogP) is 2.93. The standard InChI is InChI=1S/C19H18N2O3/c1-12-6-4-5-7-15(12)18-20-16(19(22)21-18)11-13-10-14(23-2)8-9-17(13)24-3/h4-11H,1-3H3,(H,20,21,22)/b16-11-. The molecule has 1 amide bonds. The Morgan fingerprint density at radius 3 is 2.58 bits per heavy atom. The summed E-state index contributed by atoms with van der Waals surface area (Å²) in [6.45, 7) is 1.98. The highest BCUT2D eigenvalue weighted by atomic mass is 16.5. The number of aliphatic imine (C=N–C) groups is 1. The molecule has 2 aromatic rings. The molecule has 1 aliphatic heterocycles. The molecule has 0 fully saturated rings. The van der Waals surface area contributed by atoms with Crippen molar-refractivity contribution in [2.45, 2.75) is 6.92 Å². The first-order valence-corrected chi connectivity index (χ1v) is 7.52. The van der Waals surface area contributed by atoms with Gasteiger partial charge in [0.05, 0.1) is 14.2 Å². The molecule has 5 nitrogen and oxygen atoms in total. The topological polar surface area (TPSA) is 59.9 Å². The molecular weight excluding hydrogens is 304 g/mol. The molecule has 24 heavy (non-hydrogen) atoms. The zero-order valence-corrected chi connectivity index (χ0v) is 13.8. The highest BCUT2D eigenvalue weighted by Gasteiger charge is 2.22. The number of amidine groups is 1. The average Bonchev–Trinajstić information content (AvgIpc) is 2.95. The third-order valence-electron chi connectivity index (χ3n) is 3.83. The van der Waals surface area contributed by atoms with Crippen molar-refractivity contribution in [3.05, 3.63) is 64.9 Å². The lowest BCUT2D eigenvalue weighted by atomic mass is 10.1. The van der Waals surface area contributed by atoms with Gasteiger partial charge in [-0.25, -0.2) is 4.99 Å². The van der Waals surface area contributed by atoms with Crippen LogP contribution in [0.5, 0.6) is 11.5 Å². The molecular formula is C19H18N2O3. The van der Waals surface area contributed by atoms with E-state index in [0.717, 1.165) is 16.7 Å². The summed E-state index contributed by atoms with van der Waals surface area (Å²) in [6, 6.07) is 13.2. The van der Waals surface area contributed by atoms with Gasteiger partial charge in [-0.2, -0.15) is 0 Å². The second-order valence-corrected chi connectivity index (χ2v) is 5.37. The Morgan fingerprint density at radius 1 is 1.08 bits per heavy atom. The summed E-state index contributed by atoms with van der Waals surface area (Å²) in [7, 11) is 3.18. The molecule has 1 aliphatic rings. The summed E-state index contributed by atoms with van der Waals surface area (Å²) >= 11 is 0. The first-order chi connectivity index (χ1) is 11.6. The van der Waals surface area contributed by atoms with E-state index < -0.39 is 0 Å². The summed E-state index contributed by atoms with van der Waals surface area (Å²) in [5.74, 6) is 1.66. The van der Waals surface area contributed by atoms with Crippen LogP contribution in [0.3, 0.4) is 0 Å². The summed E-state index contributed by atoms with van der Waals surface area (Å²) in [4.78, 5) is 16.7. The first kappa shape index (κ1) is 15.8. The van der Waals surface area contributed by atoms with E-state index >= 15 is 0 Å². The molecule has 0 atom stereocenters. The molecule has 122 valence electrons. The predicted molar refractivity (Wildman–Crippen MR) is 93.4 cm³/mol. The number of hydrogen-bond donors (Lipinski definition) is 1. The zero-order chi connectivity index (χ0) is 17.1. The Labute approximate surface area is 140 Å². The van der Waals surface area contributed by atoms with E-state index in [1.165, 1.54) is 0 Å². The number of carbonyl (C=O) groups is 1. The maximum absolute atomic E-state index is 12.3. The van der Waals surface area contributed by atoms with Crippen LogP contribution in [0.25, 0.3) is 6.08 Å². The minimum atomic E-state index is -0.238. The Morgan fingerprint density at radius 2 is 1.88 bits per heavy atom. The monoisotopic (exact) mass is 322 g/mol. The number of methoxy groups -OCH3 is 2. The second kappa shape index (κ2) is 6.58. The molecule has 0 bridgehead atoms. The lowest BCUT2D eigenvalue weighted by Gasteiger charge is -2.07. The van der Waals surface area contributed by atoms with Gasteiger partial charge in [-0.15, -0.1) is 0 Å². The van der Waals surface area contributed by atoms with Gasteiger partial charge in [0.15, 0.2) is 0 Å². The van der Waals surface area contributed by atoms with Gasteiger partial charge in [-0.3, -0.25) is 4.79 Å². The molecule has 0 unspecified atom stereocenters. The Kier molecular flexibility index (Phi) is 4.33. The fourth-order valence-electron chi connectivity index (χ4n) is 2.53. The number of benzene rings is 2. The van der Waals surface area contributed by atoms with Crippen LogP contribution in [0.4, 0.5) is 0 Å². The van der Waals surface area contributed by atoms with Crippen molar-refractivity contribution < 1.29 is 14.3 Å². The Balaban J connectivity index is 2.02. The maximum atomic E-state index is 12.3. The van der Waals surface area contributed by atoms with Crippen molar-refractivity contribution >= 4 is 17.8 Å². The van der Waals surface area contributed by atoms with E-state index in [0.29, 0.717) is 23.0 Å². The molecule has 0 saturated carbocycles. The van der Waals surface area contributed by atoms with Crippen LogP contribution in [0, 0.1) is 6.92 Å². The van der Waals surface area contributed by atoms with Crippen LogP contribution in [0.15, 0.2) is 53.2 Å². The van der Waals surface area contributed by atoms with Gasteiger partial charge in [0.25, 0.3) is 5.91 Å². The van der Waals surface area contributed by atoms with E-state index in [2.05, 4.69) is 10.3 Å². The van der Waals surface area contributed by atoms with Crippen LogP contribution < -0.4 is 14.8 Å². The van der Waals surface area contributed by atoms with Crippen LogP contribution in [-0.4, -0.2) is 26.0 Å². The quantitative estimate of drug-likeness (QED) is 0.881. The molecule has 1 N–H and O–H groups in total. The summed E-state index contributed by atoms with van der Waals surface area (Å²) in [5.41, 5.74) is 3.03. The molecule has 1 heterocycles. The zero-order valence-electron chi connectivity index (χ0n) is 13.8. The van der Waals surface area contributed by atoms with Gasteiger partial charge in [0.1, 0.15) is 23.0 Å². The lowest BCUT2D eigenvalue weighted by molar-refractivity contribution is -0.115. The fraction of sp³-hybridized carbons (Fsp3) is 0.158. The van der Waals surface area contributed by atoms with Gasteiger partial charge in [0, 0.05) is 11.1 Å². The Hall–Kier alpha value is -3.08. The van der Waals surface area contributed by atoms with Gasteiger partial charge in [-0.1, -0.05) is 24.3 Å². The van der Waals surface area contributed by atoms with Crippen molar-refractivity contribution in [1.82, 2.24) is 5.32 Å². The van der Waals surface area contributed by atoms with E-state index in [-0.39, 0.29) is 5.91 Å². The highest BCUT2D eigenvalue weighted by molar-refractivity contribution is 6.20. The summed E-state index contributed by atoms with van der Waals surface area (Å²) < 4.78 is 10.6. The maximum Gasteiger partial charge on any atom is 0.275 e. The molecule has 0 radical (unpaired) electrons. The lowest BCUT2D eigenvalue weighted by Crippen LogP contribution is -2.25. The SMILES string of the molecule is COc1ccc(OC)c(/C=C2\N=C(c3ccccc3C)NC2=O)c1. The average molecular weight is 322 g/mol. The largest absolute Gasteiger partial charge is 0.497 e. The normalized spacial score (nSPS) is 15.2. The first-order valence-electron chi connectivity index (χ1n) is 7.52.